The number of aromatic amines is 1. The van der Waals surface area contributed by atoms with Crippen molar-refractivity contribution in [2.45, 2.75) is 10.1 Å². The number of anilines is 1. The Morgan fingerprint density at radius 3 is 2.57 bits per heavy atom. The monoisotopic (exact) mass is 492 g/mol. The van der Waals surface area contributed by atoms with Crippen LogP contribution in [0.15, 0.2) is 69.5 Å². The zero-order valence-corrected chi connectivity index (χ0v) is 18.0. The van der Waals surface area contributed by atoms with E-state index in [-0.39, 0.29) is 15.6 Å². The second kappa shape index (κ2) is 8.13. The standard InChI is InChI=1S/C19H11BrCl2N4OS/c20-11-9-25-16-10(17(11)28-19-23-7-8-24-19)3-1-6-14(16)26-18(27)15-12(21)4-2-5-13(15)22/h1-9H,(H,23,24)(H,26,27). The van der Waals surface area contributed by atoms with Gasteiger partial charge in [0.15, 0.2) is 5.16 Å². The van der Waals surface area contributed by atoms with Crippen LogP contribution in [-0.4, -0.2) is 20.9 Å². The summed E-state index contributed by atoms with van der Waals surface area (Å²) in [4.78, 5) is 25.5. The fourth-order valence-corrected chi connectivity index (χ4v) is 4.67. The molecule has 0 radical (unpaired) electrons. The molecule has 0 saturated heterocycles. The van der Waals surface area contributed by atoms with Gasteiger partial charge in [-0.1, -0.05) is 41.4 Å². The Morgan fingerprint density at radius 2 is 1.86 bits per heavy atom. The van der Waals surface area contributed by atoms with Gasteiger partial charge >= 0.3 is 0 Å². The molecule has 4 rings (SSSR count). The highest BCUT2D eigenvalue weighted by Gasteiger charge is 2.18. The van der Waals surface area contributed by atoms with Crippen molar-refractivity contribution in [3.8, 4) is 0 Å². The Kier molecular flexibility index (Phi) is 5.59. The average Bonchev–Trinajstić information content (AvgIpc) is 3.17. The highest BCUT2D eigenvalue weighted by Crippen LogP contribution is 2.38. The Bertz CT molecular complexity index is 1160. The van der Waals surface area contributed by atoms with Gasteiger partial charge in [-0.15, -0.1) is 0 Å². The number of halogens is 3. The highest BCUT2D eigenvalue weighted by molar-refractivity contribution is 9.10. The van der Waals surface area contributed by atoms with E-state index in [4.69, 9.17) is 23.2 Å². The van der Waals surface area contributed by atoms with Crippen molar-refractivity contribution in [2.75, 3.05) is 5.32 Å². The molecule has 1 amide bonds. The number of rotatable bonds is 4. The normalized spacial score (nSPS) is 11.0. The summed E-state index contributed by atoms with van der Waals surface area (Å²) in [6.07, 6.45) is 5.16. The van der Waals surface area contributed by atoms with Crippen molar-refractivity contribution in [2.24, 2.45) is 0 Å². The molecule has 0 saturated carbocycles. The number of H-pyrrole nitrogens is 1. The molecule has 140 valence electrons. The molecule has 0 bridgehead atoms. The quantitative estimate of drug-likeness (QED) is 0.343. The molecule has 2 aromatic heterocycles. The average molecular weight is 494 g/mol. The summed E-state index contributed by atoms with van der Waals surface area (Å²) in [6, 6.07) is 10.5. The second-order valence-electron chi connectivity index (χ2n) is 5.68. The lowest BCUT2D eigenvalue weighted by Gasteiger charge is -2.12. The number of hydrogen-bond donors (Lipinski definition) is 2. The summed E-state index contributed by atoms with van der Waals surface area (Å²) in [6.45, 7) is 0. The maximum absolute atomic E-state index is 12.8. The fraction of sp³-hybridized carbons (Fsp3) is 0. The van der Waals surface area contributed by atoms with Crippen molar-refractivity contribution < 1.29 is 4.79 Å². The third-order valence-electron chi connectivity index (χ3n) is 3.91. The number of benzene rings is 2. The van der Waals surface area contributed by atoms with E-state index >= 15 is 0 Å². The number of imidazole rings is 1. The molecule has 0 fully saturated rings. The fourth-order valence-electron chi connectivity index (χ4n) is 2.68. The minimum Gasteiger partial charge on any atom is -0.339 e. The summed E-state index contributed by atoms with van der Waals surface area (Å²) >= 11 is 17.3. The number of nitrogens with one attached hydrogen (secondary N) is 2. The zero-order valence-electron chi connectivity index (χ0n) is 14.0. The highest BCUT2D eigenvalue weighted by atomic mass is 79.9. The SMILES string of the molecule is O=C(Nc1cccc2c(Sc3ncc[nH]3)c(Br)cnc12)c1c(Cl)cccc1Cl. The molecule has 0 aliphatic rings. The lowest BCUT2D eigenvalue weighted by molar-refractivity contribution is 0.102. The van der Waals surface area contributed by atoms with Crippen LogP contribution in [0.5, 0.6) is 0 Å². The summed E-state index contributed by atoms with van der Waals surface area (Å²) < 4.78 is 0.832. The Morgan fingerprint density at radius 1 is 1.11 bits per heavy atom. The van der Waals surface area contributed by atoms with E-state index in [2.05, 4.69) is 36.2 Å². The molecule has 9 heteroatoms. The van der Waals surface area contributed by atoms with E-state index in [1.54, 1.807) is 42.9 Å². The lowest BCUT2D eigenvalue weighted by atomic mass is 10.1. The third kappa shape index (κ3) is 3.75. The van der Waals surface area contributed by atoms with Crippen molar-refractivity contribution in [3.63, 3.8) is 0 Å². The number of pyridine rings is 1. The molecule has 28 heavy (non-hydrogen) atoms. The third-order valence-corrected chi connectivity index (χ3v) is 6.47. The van der Waals surface area contributed by atoms with Gasteiger partial charge in [-0.2, -0.15) is 0 Å². The first-order chi connectivity index (χ1) is 13.5. The predicted octanol–water partition coefficient (Wildman–Crippen LogP) is 6.43. The molecule has 0 atom stereocenters. The van der Waals surface area contributed by atoms with Gasteiger partial charge in [0.25, 0.3) is 5.91 Å². The minimum absolute atomic E-state index is 0.227. The van der Waals surface area contributed by atoms with Crippen LogP contribution >= 0.6 is 50.9 Å². The number of para-hydroxylation sites is 1. The number of carbonyl (C=O) groups is 1. The lowest BCUT2D eigenvalue weighted by Crippen LogP contribution is -2.13. The molecule has 0 aliphatic carbocycles. The van der Waals surface area contributed by atoms with E-state index < -0.39 is 5.91 Å². The second-order valence-corrected chi connectivity index (χ2v) is 8.35. The van der Waals surface area contributed by atoms with Crippen LogP contribution in [0.25, 0.3) is 10.9 Å². The molecule has 5 nitrogen and oxygen atoms in total. The summed E-state index contributed by atoms with van der Waals surface area (Å²) in [7, 11) is 0. The molecule has 2 N–H and O–H groups in total. The maximum Gasteiger partial charge on any atom is 0.258 e. The van der Waals surface area contributed by atoms with E-state index in [1.165, 1.54) is 11.8 Å². The summed E-state index contributed by atoms with van der Waals surface area (Å²) in [5.41, 5.74) is 1.44. The first-order valence-electron chi connectivity index (χ1n) is 8.04. The van der Waals surface area contributed by atoms with Gasteiger partial charge in [0.2, 0.25) is 0 Å². The number of nitrogens with zero attached hydrogens (tertiary/aromatic N) is 2. The van der Waals surface area contributed by atoms with Gasteiger partial charge in [0.05, 0.1) is 31.3 Å². The van der Waals surface area contributed by atoms with Crippen molar-refractivity contribution in [1.82, 2.24) is 15.0 Å². The van der Waals surface area contributed by atoms with Crippen molar-refractivity contribution in [3.05, 3.63) is 75.1 Å². The van der Waals surface area contributed by atoms with Gasteiger partial charge in [0, 0.05) is 28.9 Å². The molecular weight excluding hydrogens is 483 g/mol. The largest absolute Gasteiger partial charge is 0.339 e. The van der Waals surface area contributed by atoms with Gasteiger partial charge in [0.1, 0.15) is 0 Å². The molecule has 0 unspecified atom stereocenters. The molecule has 2 aromatic carbocycles. The van der Waals surface area contributed by atoms with E-state index in [1.807, 2.05) is 12.1 Å². The minimum atomic E-state index is -0.395. The number of carbonyl (C=O) groups excluding carboxylic acids is 1. The van der Waals surface area contributed by atoms with Crippen LogP contribution in [-0.2, 0) is 0 Å². The number of aromatic nitrogens is 3. The number of hydrogen-bond acceptors (Lipinski definition) is 4. The van der Waals surface area contributed by atoms with Crippen LogP contribution in [0.4, 0.5) is 5.69 Å². The summed E-state index contributed by atoms with van der Waals surface area (Å²) in [5, 5.41) is 5.07. The molecule has 4 aromatic rings. The predicted molar refractivity (Wildman–Crippen MR) is 117 cm³/mol. The Labute approximate surface area is 183 Å². The maximum atomic E-state index is 12.8. The summed E-state index contributed by atoms with van der Waals surface area (Å²) in [5.74, 6) is -0.395. The number of fused-ring (bicyclic) bond motifs is 1. The Balaban J connectivity index is 1.75. The van der Waals surface area contributed by atoms with Crippen LogP contribution < -0.4 is 5.32 Å². The molecular formula is C19H11BrCl2N4OS. The van der Waals surface area contributed by atoms with Gasteiger partial charge in [-0.05, 0) is 45.9 Å². The van der Waals surface area contributed by atoms with Crippen LogP contribution in [0.3, 0.4) is 0 Å². The van der Waals surface area contributed by atoms with Crippen molar-refractivity contribution >= 4 is 73.4 Å². The first kappa shape index (κ1) is 19.3. The first-order valence-corrected chi connectivity index (χ1v) is 10.4. The van der Waals surface area contributed by atoms with Crippen molar-refractivity contribution in [1.29, 1.82) is 0 Å². The van der Waals surface area contributed by atoms with Crippen LogP contribution in [0.1, 0.15) is 10.4 Å². The molecule has 0 spiro atoms. The van der Waals surface area contributed by atoms with Gasteiger partial charge < -0.3 is 10.3 Å². The van der Waals surface area contributed by atoms with Crippen LogP contribution in [0.2, 0.25) is 10.0 Å². The van der Waals surface area contributed by atoms with Gasteiger partial charge in [-0.25, -0.2) is 4.98 Å². The topological polar surface area (TPSA) is 70.7 Å². The zero-order chi connectivity index (χ0) is 19.7. The number of amides is 1. The molecule has 0 aliphatic heterocycles. The van der Waals surface area contributed by atoms with E-state index in [0.29, 0.717) is 11.2 Å². The smallest absolute Gasteiger partial charge is 0.258 e. The molecule has 2 heterocycles. The van der Waals surface area contributed by atoms with Gasteiger partial charge in [-0.3, -0.25) is 9.78 Å². The Hall–Kier alpha value is -2.06. The van der Waals surface area contributed by atoms with E-state index in [9.17, 15) is 4.79 Å². The van der Waals surface area contributed by atoms with Crippen LogP contribution in [0, 0.1) is 0 Å². The van der Waals surface area contributed by atoms with E-state index in [0.717, 1.165) is 19.9 Å².